The van der Waals surface area contributed by atoms with Crippen LogP contribution >= 0.6 is 0 Å². The minimum atomic E-state index is -0.246. The van der Waals surface area contributed by atoms with Gasteiger partial charge < -0.3 is 5.32 Å². The number of carbonyl (C=O) groups excluding carboxylic acids is 1. The van der Waals surface area contributed by atoms with Crippen molar-refractivity contribution in [2.75, 3.05) is 19.6 Å². The molecule has 3 rings (SSSR count). The van der Waals surface area contributed by atoms with Crippen LogP contribution in [0.2, 0.25) is 0 Å². The molecule has 0 saturated carbocycles. The molecule has 0 bridgehead atoms. The third-order valence-corrected chi connectivity index (χ3v) is 4.95. The molecule has 0 aromatic heterocycles. The van der Waals surface area contributed by atoms with Crippen LogP contribution in [-0.2, 0) is 4.79 Å². The van der Waals surface area contributed by atoms with Gasteiger partial charge in [0, 0.05) is 12.6 Å². The van der Waals surface area contributed by atoms with Crippen molar-refractivity contribution in [2.24, 2.45) is 0 Å². The number of nitrogens with one attached hydrogen (secondary N) is 1. The molecule has 0 aliphatic carbocycles. The minimum Gasteiger partial charge on any atom is -0.354 e. The Morgan fingerprint density at radius 3 is 2.21 bits per heavy atom. The molecule has 1 atom stereocenters. The van der Waals surface area contributed by atoms with Gasteiger partial charge in [0.15, 0.2) is 0 Å². The third-order valence-electron chi connectivity index (χ3n) is 4.95. The van der Waals surface area contributed by atoms with Crippen LogP contribution in [0.4, 0.5) is 0 Å². The summed E-state index contributed by atoms with van der Waals surface area (Å²) in [4.78, 5) is 15.4. The number of hydrogen-bond donors (Lipinski definition) is 1. The second-order valence-corrected chi connectivity index (χ2v) is 6.42. The van der Waals surface area contributed by atoms with Gasteiger partial charge in [0.05, 0.1) is 5.92 Å². The van der Waals surface area contributed by atoms with Gasteiger partial charge >= 0.3 is 0 Å². The van der Waals surface area contributed by atoms with E-state index >= 15 is 0 Å². The highest BCUT2D eigenvalue weighted by atomic mass is 16.1. The number of hydrogen-bond acceptors (Lipinski definition) is 2. The molecule has 2 aromatic rings. The molecule has 0 spiro atoms. The summed E-state index contributed by atoms with van der Waals surface area (Å²) in [7, 11) is 0. The number of nitrogens with zero attached hydrogens (tertiary/aromatic N) is 1. The molecule has 1 amide bonds. The first-order chi connectivity index (χ1) is 11.8. The molecule has 0 radical (unpaired) electrons. The predicted molar refractivity (Wildman–Crippen MR) is 98.0 cm³/mol. The van der Waals surface area contributed by atoms with Crippen molar-refractivity contribution in [2.45, 2.75) is 31.7 Å². The molecule has 2 aromatic carbocycles. The smallest absolute Gasteiger partial charge is 0.232 e. The minimum absolute atomic E-state index is 0.0929. The number of amides is 1. The van der Waals surface area contributed by atoms with Gasteiger partial charge in [-0.05, 0) is 37.1 Å². The third kappa shape index (κ3) is 3.85. The Morgan fingerprint density at radius 1 is 1.08 bits per heavy atom. The summed E-state index contributed by atoms with van der Waals surface area (Å²) in [6, 6.07) is 20.6. The van der Waals surface area contributed by atoms with E-state index in [4.69, 9.17) is 0 Å². The molecule has 1 N–H and O–H groups in total. The van der Waals surface area contributed by atoms with Crippen molar-refractivity contribution in [3.63, 3.8) is 0 Å². The second kappa shape index (κ2) is 8.11. The maximum absolute atomic E-state index is 13.0. The lowest BCUT2D eigenvalue weighted by molar-refractivity contribution is -0.121. The van der Waals surface area contributed by atoms with Gasteiger partial charge in [-0.1, -0.05) is 67.6 Å². The van der Waals surface area contributed by atoms with Crippen molar-refractivity contribution >= 4 is 5.91 Å². The zero-order valence-electron chi connectivity index (χ0n) is 14.3. The molecule has 3 heteroatoms. The van der Waals surface area contributed by atoms with E-state index in [0.29, 0.717) is 6.04 Å². The van der Waals surface area contributed by atoms with Crippen molar-refractivity contribution in [1.29, 1.82) is 0 Å². The number of likely N-dealkylation sites (tertiary alicyclic amines) is 1. The summed E-state index contributed by atoms with van der Waals surface area (Å²) in [6.45, 7) is 5.14. The molecule has 1 fully saturated rings. The van der Waals surface area contributed by atoms with Crippen LogP contribution in [0.3, 0.4) is 0 Å². The summed E-state index contributed by atoms with van der Waals surface area (Å²) >= 11 is 0. The quantitative estimate of drug-likeness (QED) is 0.884. The van der Waals surface area contributed by atoms with Gasteiger partial charge in [-0.25, -0.2) is 0 Å². The van der Waals surface area contributed by atoms with Crippen LogP contribution in [0.1, 0.15) is 36.8 Å². The SMILES string of the molecule is CCN1CCC[C@@H]1CNC(=O)C(c1ccccc1)c1ccccc1. The van der Waals surface area contributed by atoms with Crippen LogP contribution in [-0.4, -0.2) is 36.5 Å². The summed E-state index contributed by atoms with van der Waals surface area (Å²) in [5.41, 5.74) is 2.08. The van der Waals surface area contributed by atoms with Crippen molar-refractivity contribution in [3.8, 4) is 0 Å². The lowest BCUT2D eigenvalue weighted by atomic mass is 9.90. The van der Waals surface area contributed by atoms with E-state index in [-0.39, 0.29) is 11.8 Å². The molecule has 1 saturated heterocycles. The largest absolute Gasteiger partial charge is 0.354 e. The number of likely N-dealkylation sites (N-methyl/N-ethyl adjacent to an activating group) is 1. The standard InChI is InChI=1S/C21H26N2O/c1-2-23-15-9-14-19(23)16-22-21(24)20(17-10-5-3-6-11-17)18-12-7-4-8-13-18/h3-8,10-13,19-20H,2,9,14-16H2,1H3,(H,22,24)/t19-/m1/s1. The van der Waals surface area contributed by atoms with Gasteiger partial charge in [0.2, 0.25) is 5.91 Å². The predicted octanol–water partition coefficient (Wildman–Crippen LogP) is 3.42. The summed E-state index contributed by atoms with van der Waals surface area (Å²) in [5.74, 6) is -0.153. The number of carbonyl (C=O) groups is 1. The first kappa shape index (κ1) is 16.7. The number of benzene rings is 2. The van der Waals surface area contributed by atoms with E-state index in [1.165, 1.54) is 12.8 Å². The van der Waals surface area contributed by atoms with Crippen molar-refractivity contribution < 1.29 is 4.79 Å². The molecule has 1 aliphatic rings. The first-order valence-electron chi connectivity index (χ1n) is 8.91. The topological polar surface area (TPSA) is 32.3 Å². The van der Waals surface area contributed by atoms with E-state index in [9.17, 15) is 4.79 Å². The zero-order valence-corrected chi connectivity index (χ0v) is 14.3. The normalized spacial score (nSPS) is 18.0. The zero-order chi connectivity index (χ0) is 16.8. The Kier molecular flexibility index (Phi) is 5.65. The maximum atomic E-state index is 13.0. The Bertz CT molecular complexity index is 602. The van der Waals surface area contributed by atoms with E-state index < -0.39 is 0 Å². The molecule has 1 aliphatic heterocycles. The van der Waals surface area contributed by atoms with Gasteiger partial charge in [-0.3, -0.25) is 9.69 Å². The lowest BCUT2D eigenvalue weighted by Gasteiger charge is -2.24. The Hall–Kier alpha value is -2.13. The molecule has 0 unspecified atom stereocenters. The molecule has 3 nitrogen and oxygen atoms in total. The van der Waals surface area contributed by atoms with Gasteiger partial charge in [0.1, 0.15) is 0 Å². The fourth-order valence-electron chi connectivity index (χ4n) is 3.65. The number of rotatable bonds is 6. The highest BCUT2D eigenvalue weighted by Crippen LogP contribution is 2.25. The van der Waals surface area contributed by atoms with Crippen molar-refractivity contribution in [1.82, 2.24) is 10.2 Å². The van der Waals surface area contributed by atoms with Gasteiger partial charge in [-0.15, -0.1) is 0 Å². The Balaban J connectivity index is 1.75. The fourth-order valence-corrected chi connectivity index (χ4v) is 3.65. The van der Waals surface area contributed by atoms with Gasteiger partial charge in [-0.2, -0.15) is 0 Å². The highest BCUT2D eigenvalue weighted by molar-refractivity contribution is 5.87. The molecule has 1 heterocycles. The lowest BCUT2D eigenvalue weighted by Crippen LogP contribution is -2.41. The molecule has 126 valence electrons. The summed E-state index contributed by atoms with van der Waals surface area (Å²) in [5, 5.41) is 3.21. The first-order valence-corrected chi connectivity index (χ1v) is 8.91. The highest BCUT2D eigenvalue weighted by Gasteiger charge is 2.26. The van der Waals surface area contributed by atoms with Crippen LogP contribution < -0.4 is 5.32 Å². The maximum Gasteiger partial charge on any atom is 0.232 e. The fraction of sp³-hybridized carbons (Fsp3) is 0.381. The summed E-state index contributed by atoms with van der Waals surface area (Å²) in [6.07, 6.45) is 2.41. The van der Waals surface area contributed by atoms with Crippen molar-refractivity contribution in [3.05, 3.63) is 71.8 Å². The van der Waals surface area contributed by atoms with Gasteiger partial charge in [0.25, 0.3) is 0 Å². The molecule has 24 heavy (non-hydrogen) atoms. The average molecular weight is 322 g/mol. The Morgan fingerprint density at radius 2 is 1.67 bits per heavy atom. The van der Waals surface area contributed by atoms with Crippen LogP contribution in [0.25, 0.3) is 0 Å². The van der Waals surface area contributed by atoms with Crippen LogP contribution in [0.15, 0.2) is 60.7 Å². The Labute approximate surface area is 144 Å². The van der Waals surface area contributed by atoms with E-state index in [0.717, 1.165) is 30.8 Å². The van der Waals surface area contributed by atoms with E-state index in [1.54, 1.807) is 0 Å². The average Bonchev–Trinajstić information content (AvgIpc) is 3.09. The molecular weight excluding hydrogens is 296 g/mol. The monoisotopic (exact) mass is 322 g/mol. The van der Waals surface area contributed by atoms with Crippen LogP contribution in [0, 0.1) is 0 Å². The van der Waals surface area contributed by atoms with E-state index in [1.807, 2.05) is 60.7 Å². The second-order valence-electron chi connectivity index (χ2n) is 6.42. The summed E-state index contributed by atoms with van der Waals surface area (Å²) < 4.78 is 0. The van der Waals surface area contributed by atoms with Crippen LogP contribution in [0.5, 0.6) is 0 Å². The molecular formula is C21H26N2O. The van der Waals surface area contributed by atoms with E-state index in [2.05, 4.69) is 17.1 Å².